The molecule has 0 aliphatic heterocycles. The van der Waals surface area contributed by atoms with Crippen LogP contribution in [0.15, 0.2) is 164 Å². The molecule has 0 spiro atoms. The number of nitrogens with zero attached hydrogens (tertiary/aromatic N) is 1. The maximum atomic E-state index is 2.45. The van der Waals surface area contributed by atoms with Gasteiger partial charge >= 0.3 is 0 Å². The molecular weight excluding hydrogens is 530 g/mol. The zero-order chi connectivity index (χ0) is 29.7. The normalized spacial score (nSPS) is 13.0. The fraction of sp³-hybridized carbons (Fsp3) is 0.0698. The van der Waals surface area contributed by atoms with Gasteiger partial charge in [0, 0.05) is 22.5 Å². The minimum atomic E-state index is -0.119. The zero-order valence-electron chi connectivity index (χ0n) is 25.0. The standard InChI is InChI=1S/C43H33N/c1-43(2)40-28-32(30-22-25-35(26-23-30)44(33-16-8-4-9-17-33)34-18-10-5-11-19-34)24-27-38(40)42-37-21-13-12-20-36(37)39(29-41(42)43)31-14-6-3-7-15-31/h3-29H,1-2H3. The lowest BCUT2D eigenvalue weighted by Gasteiger charge is -2.25. The Kier molecular flexibility index (Phi) is 6.20. The van der Waals surface area contributed by atoms with Gasteiger partial charge < -0.3 is 4.90 Å². The van der Waals surface area contributed by atoms with Gasteiger partial charge in [0.25, 0.3) is 0 Å². The first-order valence-corrected chi connectivity index (χ1v) is 15.4. The summed E-state index contributed by atoms with van der Waals surface area (Å²) in [5.41, 5.74) is 13.9. The van der Waals surface area contributed by atoms with Gasteiger partial charge in [-0.05, 0) is 104 Å². The topological polar surface area (TPSA) is 3.24 Å². The Morgan fingerprint density at radius 2 is 0.909 bits per heavy atom. The Labute approximate surface area is 259 Å². The second-order valence-electron chi connectivity index (χ2n) is 12.2. The second kappa shape index (κ2) is 10.4. The first-order chi connectivity index (χ1) is 21.6. The van der Waals surface area contributed by atoms with Gasteiger partial charge in [0.2, 0.25) is 0 Å². The Morgan fingerprint density at radius 1 is 0.386 bits per heavy atom. The van der Waals surface area contributed by atoms with E-state index in [0.29, 0.717) is 0 Å². The second-order valence-corrected chi connectivity index (χ2v) is 12.2. The lowest BCUT2D eigenvalue weighted by atomic mass is 9.80. The van der Waals surface area contributed by atoms with Gasteiger partial charge in [0.15, 0.2) is 0 Å². The van der Waals surface area contributed by atoms with Gasteiger partial charge in [0.05, 0.1) is 0 Å². The summed E-state index contributed by atoms with van der Waals surface area (Å²) in [5.74, 6) is 0. The highest BCUT2D eigenvalue weighted by atomic mass is 15.1. The molecule has 0 unspecified atom stereocenters. The van der Waals surface area contributed by atoms with Gasteiger partial charge in [-0.1, -0.05) is 129 Å². The highest BCUT2D eigenvalue weighted by Crippen LogP contribution is 2.54. The monoisotopic (exact) mass is 563 g/mol. The average molecular weight is 564 g/mol. The summed E-state index contributed by atoms with van der Waals surface area (Å²) in [6.07, 6.45) is 0. The molecule has 1 nitrogen and oxygen atoms in total. The van der Waals surface area contributed by atoms with Crippen molar-refractivity contribution >= 4 is 27.8 Å². The molecule has 0 saturated carbocycles. The van der Waals surface area contributed by atoms with E-state index in [9.17, 15) is 0 Å². The predicted octanol–water partition coefficient (Wildman–Crippen LogP) is 11.9. The summed E-state index contributed by atoms with van der Waals surface area (Å²) in [6, 6.07) is 59.4. The molecule has 0 bridgehead atoms. The number of anilines is 3. The van der Waals surface area contributed by atoms with Crippen molar-refractivity contribution < 1.29 is 0 Å². The van der Waals surface area contributed by atoms with Gasteiger partial charge in [-0.2, -0.15) is 0 Å². The molecule has 1 aliphatic rings. The summed E-state index contributed by atoms with van der Waals surface area (Å²) >= 11 is 0. The highest BCUT2D eigenvalue weighted by Gasteiger charge is 2.37. The van der Waals surface area contributed by atoms with E-state index in [1.54, 1.807) is 0 Å². The Bertz CT molecular complexity index is 2070. The maximum absolute atomic E-state index is 2.45. The van der Waals surface area contributed by atoms with Crippen LogP contribution in [0, 0.1) is 0 Å². The molecule has 1 heteroatoms. The first kappa shape index (κ1) is 26.2. The average Bonchev–Trinajstić information content (AvgIpc) is 3.32. The minimum absolute atomic E-state index is 0.119. The lowest BCUT2D eigenvalue weighted by molar-refractivity contribution is 0.661. The van der Waals surface area contributed by atoms with Crippen LogP contribution in [0.1, 0.15) is 25.0 Å². The van der Waals surface area contributed by atoms with Gasteiger partial charge in [-0.15, -0.1) is 0 Å². The van der Waals surface area contributed by atoms with E-state index < -0.39 is 0 Å². The summed E-state index contributed by atoms with van der Waals surface area (Å²) in [4.78, 5) is 2.31. The quantitative estimate of drug-likeness (QED) is 0.201. The number of fused-ring (bicyclic) bond motifs is 5. The van der Waals surface area contributed by atoms with Crippen molar-refractivity contribution in [2.45, 2.75) is 19.3 Å². The molecule has 7 aromatic rings. The summed E-state index contributed by atoms with van der Waals surface area (Å²) in [6.45, 7) is 4.76. The molecule has 210 valence electrons. The SMILES string of the molecule is CC1(C)c2cc(-c3ccc(N(c4ccccc4)c4ccccc4)cc3)ccc2-c2c1cc(-c1ccccc1)c1ccccc21. The van der Waals surface area contributed by atoms with Gasteiger partial charge in [0.1, 0.15) is 0 Å². The van der Waals surface area contributed by atoms with E-state index in [1.165, 1.54) is 55.3 Å². The highest BCUT2D eigenvalue weighted by molar-refractivity contribution is 6.09. The molecule has 0 aromatic heterocycles. The van der Waals surface area contributed by atoms with Crippen LogP contribution < -0.4 is 4.90 Å². The summed E-state index contributed by atoms with van der Waals surface area (Å²) in [7, 11) is 0. The van der Waals surface area contributed by atoms with E-state index in [0.717, 1.165) is 17.1 Å². The Balaban J connectivity index is 1.21. The fourth-order valence-electron chi connectivity index (χ4n) is 7.02. The molecule has 0 N–H and O–H groups in total. The van der Waals surface area contributed by atoms with Gasteiger partial charge in [-0.3, -0.25) is 0 Å². The van der Waals surface area contributed by atoms with Crippen molar-refractivity contribution in [1.82, 2.24) is 0 Å². The van der Waals surface area contributed by atoms with Gasteiger partial charge in [-0.25, -0.2) is 0 Å². The van der Waals surface area contributed by atoms with E-state index >= 15 is 0 Å². The van der Waals surface area contributed by atoms with Crippen LogP contribution in [-0.2, 0) is 5.41 Å². The molecule has 0 saturated heterocycles. The molecule has 0 radical (unpaired) electrons. The Hall–Kier alpha value is -5.40. The van der Waals surface area contributed by atoms with Crippen molar-refractivity contribution in [2.75, 3.05) is 4.90 Å². The van der Waals surface area contributed by atoms with Crippen LogP contribution in [-0.4, -0.2) is 0 Å². The minimum Gasteiger partial charge on any atom is -0.311 e. The van der Waals surface area contributed by atoms with Crippen molar-refractivity contribution in [3.63, 3.8) is 0 Å². The molecule has 44 heavy (non-hydrogen) atoms. The largest absolute Gasteiger partial charge is 0.311 e. The first-order valence-electron chi connectivity index (χ1n) is 15.4. The van der Waals surface area contributed by atoms with E-state index in [-0.39, 0.29) is 5.41 Å². The van der Waals surface area contributed by atoms with E-state index in [1.807, 2.05) is 0 Å². The van der Waals surface area contributed by atoms with Crippen molar-refractivity contribution in [3.05, 3.63) is 175 Å². The lowest BCUT2D eigenvalue weighted by Crippen LogP contribution is -2.15. The van der Waals surface area contributed by atoms with Crippen molar-refractivity contribution in [3.8, 4) is 33.4 Å². The molecule has 1 aliphatic carbocycles. The smallest absolute Gasteiger partial charge is 0.0462 e. The van der Waals surface area contributed by atoms with Crippen LogP contribution in [0.3, 0.4) is 0 Å². The molecular formula is C43H33N. The third kappa shape index (κ3) is 4.24. The number of para-hydroxylation sites is 2. The fourth-order valence-corrected chi connectivity index (χ4v) is 7.02. The Morgan fingerprint density at radius 3 is 1.55 bits per heavy atom. The number of hydrogen-bond donors (Lipinski definition) is 0. The molecule has 0 amide bonds. The van der Waals surface area contributed by atoms with Crippen LogP contribution >= 0.6 is 0 Å². The summed E-state index contributed by atoms with van der Waals surface area (Å²) in [5, 5.41) is 2.64. The number of benzene rings is 7. The molecule has 0 heterocycles. The van der Waals surface area contributed by atoms with Crippen LogP contribution in [0.2, 0.25) is 0 Å². The molecule has 0 atom stereocenters. The maximum Gasteiger partial charge on any atom is 0.0462 e. The summed E-state index contributed by atoms with van der Waals surface area (Å²) < 4.78 is 0. The third-order valence-corrected chi connectivity index (χ3v) is 9.25. The van der Waals surface area contributed by atoms with Crippen molar-refractivity contribution in [2.24, 2.45) is 0 Å². The van der Waals surface area contributed by atoms with E-state index in [4.69, 9.17) is 0 Å². The molecule has 8 rings (SSSR count). The third-order valence-electron chi connectivity index (χ3n) is 9.25. The van der Waals surface area contributed by atoms with Crippen LogP contribution in [0.25, 0.3) is 44.2 Å². The van der Waals surface area contributed by atoms with Crippen LogP contribution in [0.4, 0.5) is 17.1 Å². The molecule has 7 aromatic carbocycles. The predicted molar refractivity (Wildman–Crippen MR) is 187 cm³/mol. The number of rotatable bonds is 5. The number of hydrogen-bond acceptors (Lipinski definition) is 1. The molecule has 0 fully saturated rings. The zero-order valence-corrected chi connectivity index (χ0v) is 25.0. The van der Waals surface area contributed by atoms with E-state index in [2.05, 4.69) is 183 Å². The van der Waals surface area contributed by atoms with Crippen LogP contribution in [0.5, 0.6) is 0 Å². The van der Waals surface area contributed by atoms with Crippen molar-refractivity contribution in [1.29, 1.82) is 0 Å².